The Morgan fingerprint density at radius 2 is 2.09 bits per heavy atom. The number of alkyl halides is 3. The van der Waals surface area contributed by atoms with Crippen molar-refractivity contribution in [1.82, 2.24) is 19.9 Å². The van der Waals surface area contributed by atoms with Gasteiger partial charge in [-0.15, -0.1) is 5.10 Å². The molecule has 0 aliphatic heterocycles. The summed E-state index contributed by atoms with van der Waals surface area (Å²) >= 11 is 3.34. The van der Waals surface area contributed by atoms with Crippen LogP contribution in [-0.2, 0) is 0 Å². The summed E-state index contributed by atoms with van der Waals surface area (Å²) in [5.74, 6) is -0.590. The van der Waals surface area contributed by atoms with Crippen molar-refractivity contribution in [3.63, 3.8) is 0 Å². The Hall–Kier alpha value is -1.90. The fraction of sp³-hybridized carbons (Fsp3) is 0.357. The van der Waals surface area contributed by atoms with Gasteiger partial charge in [0.2, 0.25) is 0 Å². The van der Waals surface area contributed by atoms with Crippen LogP contribution in [0.5, 0.6) is 0 Å². The number of carbonyl (C=O) groups excluding carboxylic acids is 1. The molecule has 9 heteroatoms. The maximum Gasteiger partial charge on any atom is 0.390 e. The average Bonchev–Trinajstić information content (AvgIpc) is 2.85. The fourth-order valence-electron chi connectivity index (χ4n) is 1.96. The molecule has 2 rings (SSSR count). The Bertz CT molecular complexity index is 714. The molecule has 0 saturated carbocycles. The van der Waals surface area contributed by atoms with Crippen molar-refractivity contribution in [3.05, 3.63) is 40.1 Å². The summed E-state index contributed by atoms with van der Waals surface area (Å²) in [6.45, 7) is 1.22. The third-order valence-electron chi connectivity index (χ3n) is 3.23. The molecule has 0 fully saturated rings. The number of halogens is 4. The quantitative estimate of drug-likeness (QED) is 0.803. The lowest BCUT2D eigenvalue weighted by atomic mass is 10.2. The summed E-state index contributed by atoms with van der Waals surface area (Å²) in [6, 6.07) is 7.22. The van der Waals surface area contributed by atoms with E-state index in [1.54, 1.807) is 25.1 Å². The van der Waals surface area contributed by atoms with Crippen LogP contribution in [0, 0.1) is 6.92 Å². The zero-order valence-electron chi connectivity index (χ0n) is 12.4. The van der Waals surface area contributed by atoms with Crippen molar-refractivity contribution in [2.24, 2.45) is 0 Å². The molecule has 0 N–H and O–H groups in total. The van der Waals surface area contributed by atoms with Crippen molar-refractivity contribution >= 4 is 21.8 Å². The largest absolute Gasteiger partial charge is 0.390 e. The molecule has 1 aromatic carbocycles. The van der Waals surface area contributed by atoms with Crippen molar-refractivity contribution < 1.29 is 18.0 Å². The van der Waals surface area contributed by atoms with E-state index in [0.717, 1.165) is 9.37 Å². The highest BCUT2D eigenvalue weighted by Gasteiger charge is 2.29. The second-order valence-corrected chi connectivity index (χ2v) is 5.92. The minimum absolute atomic E-state index is 0.0367. The lowest BCUT2D eigenvalue weighted by Gasteiger charge is -2.17. The number of amides is 1. The van der Waals surface area contributed by atoms with Crippen LogP contribution in [0.1, 0.15) is 22.6 Å². The second kappa shape index (κ2) is 6.69. The molecule has 1 aromatic heterocycles. The van der Waals surface area contributed by atoms with Gasteiger partial charge in [0.25, 0.3) is 5.91 Å². The van der Waals surface area contributed by atoms with Crippen LogP contribution in [0.25, 0.3) is 5.69 Å². The first-order valence-corrected chi connectivity index (χ1v) is 7.49. The predicted octanol–water partition coefficient (Wildman–Crippen LogP) is 3.36. The molecule has 0 bridgehead atoms. The molecule has 0 aliphatic rings. The zero-order valence-corrected chi connectivity index (χ0v) is 14.0. The summed E-state index contributed by atoms with van der Waals surface area (Å²) < 4.78 is 39.1. The number of aromatic nitrogens is 3. The minimum atomic E-state index is -4.31. The maximum absolute atomic E-state index is 12.2. The van der Waals surface area contributed by atoms with Gasteiger partial charge >= 0.3 is 6.18 Å². The van der Waals surface area contributed by atoms with Gasteiger partial charge in [0, 0.05) is 18.1 Å². The summed E-state index contributed by atoms with van der Waals surface area (Å²) in [4.78, 5) is 13.2. The predicted molar refractivity (Wildman–Crippen MR) is 81.4 cm³/mol. The van der Waals surface area contributed by atoms with Gasteiger partial charge in [-0.25, -0.2) is 4.68 Å². The van der Waals surface area contributed by atoms with Gasteiger partial charge in [0.1, 0.15) is 0 Å². The van der Waals surface area contributed by atoms with E-state index in [1.165, 1.54) is 11.7 Å². The van der Waals surface area contributed by atoms with E-state index in [-0.39, 0.29) is 5.69 Å². The highest BCUT2D eigenvalue weighted by molar-refractivity contribution is 9.10. The third-order valence-corrected chi connectivity index (χ3v) is 3.72. The van der Waals surface area contributed by atoms with Gasteiger partial charge in [-0.05, 0) is 25.1 Å². The fourth-order valence-corrected chi connectivity index (χ4v) is 2.34. The summed E-state index contributed by atoms with van der Waals surface area (Å²) in [5.41, 5.74) is 1.20. The molecule has 0 saturated heterocycles. The van der Waals surface area contributed by atoms with Crippen LogP contribution in [-0.4, -0.2) is 45.6 Å². The molecule has 0 atom stereocenters. The van der Waals surface area contributed by atoms with E-state index in [1.807, 2.05) is 6.07 Å². The Morgan fingerprint density at radius 3 is 2.70 bits per heavy atom. The van der Waals surface area contributed by atoms with E-state index in [4.69, 9.17) is 0 Å². The van der Waals surface area contributed by atoms with E-state index >= 15 is 0 Å². The van der Waals surface area contributed by atoms with E-state index in [2.05, 4.69) is 26.2 Å². The van der Waals surface area contributed by atoms with Crippen molar-refractivity contribution in [3.8, 4) is 5.69 Å². The average molecular weight is 391 g/mol. The van der Waals surface area contributed by atoms with E-state index in [0.29, 0.717) is 11.4 Å². The van der Waals surface area contributed by atoms with Gasteiger partial charge in [-0.2, -0.15) is 13.2 Å². The van der Waals surface area contributed by atoms with Gasteiger partial charge < -0.3 is 4.90 Å². The van der Waals surface area contributed by atoms with Crippen molar-refractivity contribution in [2.45, 2.75) is 19.5 Å². The molecule has 1 heterocycles. The number of carbonyl (C=O) groups is 1. The number of benzene rings is 1. The first kappa shape index (κ1) is 17.5. The normalized spacial score (nSPS) is 11.6. The number of nitrogens with zero attached hydrogens (tertiary/aromatic N) is 4. The number of hydrogen-bond acceptors (Lipinski definition) is 3. The van der Waals surface area contributed by atoms with Crippen LogP contribution in [0.3, 0.4) is 0 Å². The molecule has 124 valence electrons. The monoisotopic (exact) mass is 390 g/mol. The van der Waals surface area contributed by atoms with Crippen LogP contribution in [0.4, 0.5) is 13.2 Å². The van der Waals surface area contributed by atoms with Crippen molar-refractivity contribution in [2.75, 3.05) is 13.6 Å². The number of rotatable bonds is 4. The Morgan fingerprint density at radius 1 is 1.39 bits per heavy atom. The minimum Gasteiger partial charge on any atom is -0.340 e. The zero-order chi connectivity index (χ0) is 17.2. The standard InChI is InChI=1S/C14H14BrF3N4O/c1-9-12(13(23)21(2)7-6-14(16,17)18)19-20-22(9)11-5-3-4-10(15)8-11/h3-5,8H,6-7H2,1-2H3. The summed E-state index contributed by atoms with van der Waals surface area (Å²) in [6.07, 6.45) is -5.37. The van der Waals surface area contributed by atoms with Gasteiger partial charge in [-0.1, -0.05) is 27.2 Å². The van der Waals surface area contributed by atoms with Crippen LogP contribution < -0.4 is 0 Å². The molecule has 23 heavy (non-hydrogen) atoms. The summed E-state index contributed by atoms with van der Waals surface area (Å²) in [7, 11) is 1.31. The van der Waals surface area contributed by atoms with Gasteiger partial charge in [0.05, 0.1) is 17.8 Å². The lowest BCUT2D eigenvalue weighted by molar-refractivity contribution is -0.136. The molecule has 0 spiro atoms. The first-order valence-electron chi connectivity index (χ1n) is 6.69. The van der Waals surface area contributed by atoms with Crippen molar-refractivity contribution in [1.29, 1.82) is 0 Å². The topological polar surface area (TPSA) is 51.0 Å². The Kier molecular flexibility index (Phi) is 5.08. The molecule has 0 unspecified atom stereocenters. The van der Waals surface area contributed by atoms with E-state index < -0.39 is 25.0 Å². The Labute approximate surface area is 139 Å². The lowest BCUT2D eigenvalue weighted by Crippen LogP contribution is -2.31. The highest BCUT2D eigenvalue weighted by atomic mass is 79.9. The highest BCUT2D eigenvalue weighted by Crippen LogP contribution is 2.21. The molecule has 0 radical (unpaired) electrons. The first-order chi connectivity index (χ1) is 10.7. The molecule has 2 aromatic rings. The smallest absolute Gasteiger partial charge is 0.340 e. The number of hydrogen-bond donors (Lipinski definition) is 0. The molecular formula is C14H14BrF3N4O. The third kappa shape index (κ3) is 4.31. The Balaban J connectivity index is 2.20. The summed E-state index contributed by atoms with van der Waals surface area (Å²) in [5, 5.41) is 7.73. The van der Waals surface area contributed by atoms with Crippen LogP contribution in [0.2, 0.25) is 0 Å². The van der Waals surface area contributed by atoms with E-state index in [9.17, 15) is 18.0 Å². The molecule has 5 nitrogen and oxygen atoms in total. The molecule has 1 amide bonds. The van der Waals surface area contributed by atoms with Gasteiger partial charge in [0.15, 0.2) is 5.69 Å². The van der Waals surface area contributed by atoms with Crippen LogP contribution >= 0.6 is 15.9 Å². The molecular weight excluding hydrogens is 377 g/mol. The second-order valence-electron chi connectivity index (χ2n) is 5.01. The van der Waals surface area contributed by atoms with Crippen LogP contribution in [0.15, 0.2) is 28.7 Å². The maximum atomic E-state index is 12.2. The van der Waals surface area contributed by atoms with Gasteiger partial charge in [-0.3, -0.25) is 4.79 Å². The SMILES string of the molecule is Cc1c(C(=O)N(C)CCC(F)(F)F)nnn1-c1cccc(Br)c1. The molecule has 0 aliphatic carbocycles.